The number of amides is 1. The first-order valence-corrected chi connectivity index (χ1v) is 7.24. The average Bonchev–Trinajstić information content (AvgIpc) is 2.44. The number of rotatable bonds is 4. The van der Waals surface area contributed by atoms with Gasteiger partial charge in [-0.05, 0) is 40.2 Å². The number of benzene rings is 1. The van der Waals surface area contributed by atoms with Crippen LogP contribution in [0.15, 0.2) is 45.8 Å². The van der Waals surface area contributed by atoms with Gasteiger partial charge in [0, 0.05) is 35.4 Å². The van der Waals surface area contributed by atoms with Gasteiger partial charge >= 0.3 is 0 Å². The van der Waals surface area contributed by atoms with Crippen LogP contribution < -0.4 is 10.9 Å². The molecule has 2 aromatic rings. The minimum Gasteiger partial charge on any atom is -0.326 e. The summed E-state index contributed by atoms with van der Waals surface area (Å²) in [4.78, 5) is 23.4. The topological polar surface area (TPSA) is 51.1 Å². The first-order valence-electron chi connectivity index (χ1n) is 6.06. The zero-order valence-electron chi connectivity index (χ0n) is 10.8. The largest absolute Gasteiger partial charge is 0.326 e. The van der Waals surface area contributed by atoms with Crippen molar-refractivity contribution in [3.8, 4) is 0 Å². The molecule has 2 rings (SSSR count). The first kappa shape index (κ1) is 15.7. The van der Waals surface area contributed by atoms with Crippen molar-refractivity contribution in [2.45, 2.75) is 13.0 Å². The highest BCUT2D eigenvalue weighted by Gasteiger charge is 2.06. The summed E-state index contributed by atoms with van der Waals surface area (Å²) in [5.74, 6) is -0.833. The number of pyridine rings is 1. The Kier molecular flexibility index (Phi) is 5.14. The Labute approximate surface area is 133 Å². The number of anilines is 1. The summed E-state index contributed by atoms with van der Waals surface area (Å²) >= 11 is 8.89. The molecule has 0 spiro atoms. The van der Waals surface area contributed by atoms with E-state index >= 15 is 0 Å². The van der Waals surface area contributed by atoms with Gasteiger partial charge in [0.2, 0.25) is 5.91 Å². The zero-order valence-corrected chi connectivity index (χ0v) is 13.1. The third-order valence-electron chi connectivity index (χ3n) is 2.73. The summed E-state index contributed by atoms with van der Waals surface area (Å²) in [6, 6.07) is 6.99. The normalized spacial score (nSPS) is 10.4. The third kappa shape index (κ3) is 4.41. The quantitative estimate of drug-likeness (QED) is 0.892. The lowest BCUT2D eigenvalue weighted by Crippen LogP contribution is -2.22. The third-order valence-corrected chi connectivity index (χ3v) is 3.49. The Balaban J connectivity index is 1.97. The van der Waals surface area contributed by atoms with Crippen LogP contribution >= 0.6 is 27.5 Å². The predicted octanol–water partition coefficient (Wildman–Crippen LogP) is 3.43. The summed E-state index contributed by atoms with van der Waals surface area (Å²) in [5, 5.41) is 2.54. The van der Waals surface area contributed by atoms with Crippen LogP contribution in [0.2, 0.25) is 5.02 Å². The van der Waals surface area contributed by atoms with Crippen molar-refractivity contribution in [1.82, 2.24) is 4.57 Å². The molecule has 0 aliphatic heterocycles. The van der Waals surface area contributed by atoms with E-state index in [1.165, 1.54) is 28.8 Å². The summed E-state index contributed by atoms with van der Waals surface area (Å²) in [7, 11) is 0. The van der Waals surface area contributed by atoms with Crippen LogP contribution in [0, 0.1) is 5.82 Å². The second-order valence-corrected chi connectivity index (χ2v) is 5.63. The highest BCUT2D eigenvalue weighted by molar-refractivity contribution is 9.10. The van der Waals surface area contributed by atoms with Gasteiger partial charge in [0.15, 0.2) is 0 Å². The zero-order chi connectivity index (χ0) is 15.4. The van der Waals surface area contributed by atoms with E-state index < -0.39 is 5.82 Å². The Morgan fingerprint density at radius 3 is 2.81 bits per heavy atom. The van der Waals surface area contributed by atoms with E-state index in [4.69, 9.17) is 11.6 Å². The summed E-state index contributed by atoms with van der Waals surface area (Å²) in [5.41, 5.74) is 0.226. The molecule has 21 heavy (non-hydrogen) atoms. The van der Waals surface area contributed by atoms with E-state index in [1.54, 1.807) is 12.3 Å². The van der Waals surface area contributed by atoms with Gasteiger partial charge < -0.3 is 9.88 Å². The van der Waals surface area contributed by atoms with Gasteiger partial charge in [0.25, 0.3) is 5.56 Å². The van der Waals surface area contributed by atoms with Crippen LogP contribution in [0.3, 0.4) is 0 Å². The van der Waals surface area contributed by atoms with Gasteiger partial charge in [0.1, 0.15) is 5.82 Å². The van der Waals surface area contributed by atoms with Crippen molar-refractivity contribution in [3.63, 3.8) is 0 Å². The SMILES string of the molecule is O=C(CCn1cc(Br)ccc1=O)Nc1ccc(F)c(Cl)c1. The van der Waals surface area contributed by atoms with Gasteiger partial charge in [-0.15, -0.1) is 0 Å². The Morgan fingerprint density at radius 1 is 1.33 bits per heavy atom. The lowest BCUT2D eigenvalue weighted by atomic mass is 10.3. The van der Waals surface area contributed by atoms with Crippen LogP contribution in [0.4, 0.5) is 10.1 Å². The number of nitrogens with one attached hydrogen (secondary N) is 1. The maximum absolute atomic E-state index is 13.0. The lowest BCUT2D eigenvalue weighted by Gasteiger charge is -2.08. The molecule has 0 bridgehead atoms. The van der Waals surface area contributed by atoms with Gasteiger partial charge in [-0.2, -0.15) is 0 Å². The fourth-order valence-electron chi connectivity index (χ4n) is 1.70. The van der Waals surface area contributed by atoms with Crippen molar-refractivity contribution in [3.05, 3.63) is 62.2 Å². The molecule has 0 saturated carbocycles. The molecule has 1 N–H and O–H groups in total. The molecule has 0 radical (unpaired) electrons. The van der Waals surface area contributed by atoms with Crippen LogP contribution in [0.5, 0.6) is 0 Å². The Bertz CT molecular complexity index is 733. The number of hydrogen-bond donors (Lipinski definition) is 1. The molecule has 0 aliphatic carbocycles. The van der Waals surface area contributed by atoms with Crippen LogP contribution in [-0.2, 0) is 11.3 Å². The molecule has 0 fully saturated rings. The number of carbonyl (C=O) groups is 1. The number of aryl methyl sites for hydroxylation is 1. The molecule has 110 valence electrons. The molecule has 1 amide bonds. The maximum Gasteiger partial charge on any atom is 0.250 e. The molecule has 7 heteroatoms. The molecule has 0 saturated heterocycles. The van der Waals surface area contributed by atoms with Crippen molar-refractivity contribution in [1.29, 1.82) is 0 Å². The van der Waals surface area contributed by atoms with Crippen molar-refractivity contribution >= 4 is 39.1 Å². The fraction of sp³-hybridized carbons (Fsp3) is 0.143. The molecule has 0 atom stereocenters. The van der Waals surface area contributed by atoms with Gasteiger partial charge in [-0.1, -0.05) is 11.6 Å². The molecule has 4 nitrogen and oxygen atoms in total. The molecule has 1 aromatic heterocycles. The molecule has 1 aromatic carbocycles. The molecule has 0 unspecified atom stereocenters. The van der Waals surface area contributed by atoms with E-state index in [1.807, 2.05) is 0 Å². The highest BCUT2D eigenvalue weighted by atomic mass is 79.9. The van der Waals surface area contributed by atoms with Crippen molar-refractivity contribution in [2.75, 3.05) is 5.32 Å². The summed E-state index contributed by atoms with van der Waals surface area (Å²) in [6.07, 6.45) is 1.73. The predicted molar refractivity (Wildman–Crippen MR) is 83.1 cm³/mol. The standard InChI is InChI=1S/C14H11BrClFN2O2/c15-9-1-4-14(21)19(8-9)6-5-13(20)18-10-2-3-12(17)11(16)7-10/h1-4,7-8H,5-6H2,(H,18,20). The molecule has 0 aliphatic rings. The Hall–Kier alpha value is -1.66. The van der Waals surface area contributed by atoms with E-state index in [-0.39, 0.29) is 29.5 Å². The van der Waals surface area contributed by atoms with Crippen molar-refractivity contribution in [2.24, 2.45) is 0 Å². The van der Waals surface area contributed by atoms with Gasteiger partial charge in [-0.3, -0.25) is 9.59 Å². The smallest absolute Gasteiger partial charge is 0.250 e. The number of hydrogen-bond acceptors (Lipinski definition) is 2. The van der Waals surface area contributed by atoms with Crippen LogP contribution in [0.25, 0.3) is 0 Å². The number of carbonyl (C=O) groups excluding carboxylic acids is 1. The summed E-state index contributed by atoms with van der Waals surface area (Å²) in [6.45, 7) is 0.249. The minimum atomic E-state index is -0.546. The van der Waals surface area contributed by atoms with Crippen molar-refractivity contribution < 1.29 is 9.18 Å². The second kappa shape index (κ2) is 6.87. The van der Waals surface area contributed by atoms with Gasteiger partial charge in [0.05, 0.1) is 5.02 Å². The van der Waals surface area contributed by atoms with Crippen LogP contribution in [0.1, 0.15) is 6.42 Å². The fourth-order valence-corrected chi connectivity index (χ4v) is 2.26. The van der Waals surface area contributed by atoms with E-state index in [9.17, 15) is 14.0 Å². The first-order chi connectivity index (χ1) is 9.95. The van der Waals surface area contributed by atoms with E-state index in [2.05, 4.69) is 21.2 Å². The maximum atomic E-state index is 13.0. The highest BCUT2D eigenvalue weighted by Crippen LogP contribution is 2.19. The lowest BCUT2D eigenvalue weighted by molar-refractivity contribution is -0.116. The van der Waals surface area contributed by atoms with E-state index in [0.717, 1.165) is 4.47 Å². The van der Waals surface area contributed by atoms with E-state index in [0.29, 0.717) is 5.69 Å². The monoisotopic (exact) mass is 372 g/mol. The number of nitrogens with zero attached hydrogens (tertiary/aromatic N) is 1. The Morgan fingerprint density at radius 2 is 2.10 bits per heavy atom. The molecule has 1 heterocycles. The average molecular weight is 374 g/mol. The summed E-state index contributed by atoms with van der Waals surface area (Å²) < 4.78 is 15.2. The molecular formula is C14H11BrClFN2O2. The molecular weight excluding hydrogens is 363 g/mol. The minimum absolute atomic E-state index is 0.0593. The van der Waals surface area contributed by atoms with Crippen LogP contribution in [-0.4, -0.2) is 10.5 Å². The second-order valence-electron chi connectivity index (χ2n) is 4.31. The van der Waals surface area contributed by atoms with Gasteiger partial charge in [-0.25, -0.2) is 4.39 Å². The number of halogens is 3. The number of aromatic nitrogens is 1.